The van der Waals surface area contributed by atoms with E-state index in [1.807, 2.05) is 18.4 Å². The van der Waals surface area contributed by atoms with E-state index in [1.54, 1.807) is 24.3 Å². The van der Waals surface area contributed by atoms with Crippen molar-refractivity contribution >= 4 is 39.1 Å². The third-order valence-corrected chi connectivity index (χ3v) is 7.42. The maximum absolute atomic E-state index is 13.9. The van der Waals surface area contributed by atoms with Gasteiger partial charge in [0, 0.05) is 10.6 Å². The smallest absolute Gasteiger partial charge is 0.264 e. The summed E-state index contributed by atoms with van der Waals surface area (Å²) in [6.45, 7) is 3.64. The summed E-state index contributed by atoms with van der Waals surface area (Å²) in [5, 5.41) is 2.72. The SMILES string of the molecule is CSc1ccc(S(=O)(=O)N(CC(=O)Nc2ccc(C(C)C)cc2)c2cccc(F)c2)cc1. The van der Waals surface area contributed by atoms with Gasteiger partial charge < -0.3 is 5.32 Å². The third-order valence-electron chi connectivity index (χ3n) is 4.89. The second-order valence-electron chi connectivity index (χ2n) is 7.49. The quantitative estimate of drug-likeness (QED) is 0.439. The summed E-state index contributed by atoms with van der Waals surface area (Å²) >= 11 is 1.49. The molecule has 0 radical (unpaired) electrons. The Morgan fingerprint density at radius 3 is 2.25 bits per heavy atom. The van der Waals surface area contributed by atoms with Crippen molar-refractivity contribution in [3.05, 3.63) is 84.2 Å². The Morgan fingerprint density at radius 1 is 1.03 bits per heavy atom. The number of halogens is 1. The van der Waals surface area contributed by atoms with Gasteiger partial charge in [-0.15, -0.1) is 11.8 Å². The third kappa shape index (κ3) is 5.69. The van der Waals surface area contributed by atoms with E-state index in [0.29, 0.717) is 11.6 Å². The summed E-state index contributed by atoms with van der Waals surface area (Å²) in [6.07, 6.45) is 1.89. The molecule has 0 aliphatic heterocycles. The number of amides is 1. The molecule has 0 aliphatic carbocycles. The van der Waals surface area contributed by atoms with Crippen LogP contribution in [0, 0.1) is 5.82 Å². The highest BCUT2D eigenvalue weighted by Gasteiger charge is 2.27. The van der Waals surface area contributed by atoms with E-state index >= 15 is 0 Å². The van der Waals surface area contributed by atoms with Crippen LogP contribution in [0.5, 0.6) is 0 Å². The average Bonchev–Trinajstić information content (AvgIpc) is 2.77. The van der Waals surface area contributed by atoms with Crippen LogP contribution < -0.4 is 9.62 Å². The highest BCUT2D eigenvalue weighted by molar-refractivity contribution is 7.98. The molecular weight excluding hydrogens is 447 g/mol. The summed E-state index contributed by atoms with van der Waals surface area (Å²) in [5.74, 6) is -0.771. The molecule has 0 unspecified atom stereocenters. The zero-order valence-corrected chi connectivity index (χ0v) is 19.7. The van der Waals surface area contributed by atoms with Crippen LogP contribution in [-0.4, -0.2) is 27.1 Å². The molecule has 0 saturated heterocycles. The van der Waals surface area contributed by atoms with Crippen molar-refractivity contribution in [1.29, 1.82) is 0 Å². The van der Waals surface area contributed by atoms with Gasteiger partial charge in [-0.3, -0.25) is 9.10 Å². The Labute approximate surface area is 192 Å². The minimum Gasteiger partial charge on any atom is -0.325 e. The molecule has 3 aromatic carbocycles. The number of rotatable bonds is 8. The molecular formula is C24H25FN2O3S2. The molecule has 0 spiro atoms. The number of carbonyl (C=O) groups excluding carboxylic acids is 1. The van der Waals surface area contributed by atoms with Crippen LogP contribution in [0.2, 0.25) is 0 Å². The molecule has 0 aromatic heterocycles. The number of hydrogen-bond acceptors (Lipinski definition) is 4. The van der Waals surface area contributed by atoms with Gasteiger partial charge in [0.2, 0.25) is 5.91 Å². The molecule has 0 atom stereocenters. The van der Waals surface area contributed by atoms with Crippen LogP contribution in [0.3, 0.4) is 0 Å². The van der Waals surface area contributed by atoms with Gasteiger partial charge in [-0.25, -0.2) is 12.8 Å². The summed E-state index contributed by atoms with van der Waals surface area (Å²) in [6, 6.07) is 18.9. The van der Waals surface area contributed by atoms with E-state index in [0.717, 1.165) is 20.8 Å². The predicted octanol–water partition coefficient (Wildman–Crippen LogP) is 5.51. The molecule has 1 amide bonds. The van der Waals surface area contributed by atoms with Gasteiger partial charge in [-0.1, -0.05) is 32.0 Å². The van der Waals surface area contributed by atoms with E-state index in [-0.39, 0.29) is 10.6 Å². The molecule has 0 heterocycles. The zero-order chi connectivity index (χ0) is 23.3. The minimum absolute atomic E-state index is 0.0219. The van der Waals surface area contributed by atoms with Gasteiger partial charge >= 0.3 is 0 Å². The first kappa shape index (κ1) is 23.8. The highest BCUT2D eigenvalue weighted by Crippen LogP contribution is 2.26. The monoisotopic (exact) mass is 472 g/mol. The van der Waals surface area contributed by atoms with Crippen molar-refractivity contribution in [2.45, 2.75) is 29.6 Å². The molecule has 0 saturated carbocycles. The summed E-state index contributed by atoms with van der Waals surface area (Å²) < 4.78 is 41.5. The van der Waals surface area contributed by atoms with Gasteiger partial charge in [0.05, 0.1) is 10.6 Å². The lowest BCUT2D eigenvalue weighted by atomic mass is 10.0. The summed E-state index contributed by atoms with van der Waals surface area (Å²) in [5.41, 5.74) is 1.75. The summed E-state index contributed by atoms with van der Waals surface area (Å²) in [4.78, 5) is 13.7. The van der Waals surface area contributed by atoms with Crippen LogP contribution in [-0.2, 0) is 14.8 Å². The fourth-order valence-corrected chi connectivity index (χ4v) is 4.92. The van der Waals surface area contributed by atoms with Crippen LogP contribution in [0.4, 0.5) is 15.8 Å². The number of thioether (sulfide) groups is 1. The van der Waals surface area contributed by atoms with Gasteiger partial charge in [0.25, 0.3) is 10.0 Å². The molecule has 0 bridgehead atoms. The Balaban J connectivity index is 1.89. The van der Waals surface area contributed by atoms with Crippen molar-refractivity contribution < 1.29 is 17.6 Å². The van der Waals surface area contributed by atoms with Gasteiger partial charge in [0.15, 0.2) is 0 Å². The first-order chi connectivity index (χ1) is 15.2. The van der Waals surface area contributed by atoms with Gasteiger partial charge in [-0.05, 0) is 72.3 Å². The number of carbonyl (C=O) groups is 1. The Morgan fingerprint density at radius 2 is 1.69 bits per heavy atom. The van der Waals surface area contributed by atoms with Crippen molar-refractivity contribution in [1.82, 2.24) is 0 Å². The average molecular weight is 473 g/mol. The fraction of sp³-hybridized carbons (Fsp3) is 0.208. The molecule has 8 heteroatoms. The van der Waals surface area contributed by atoms with E-state index in [4.69, 9.17) is 0 Å². The number of nitrogens with zero attached hydrogens (tertiary/aromatic N) is 1. The Hall–Kier alpha value is -2.84. The zero-order valence-electron chi connectivity index (χ0n) is 18.1. The molecule has 168 valence electrons. The lowest BCUT2D eigenvalue weighted by Gasteiger charge is -2.24. The van der Waals surface area contributed by atoms with Gasteiger partial charge in [-0.2, -0.15) is 0 Å². The van der Waals surface area contributed by atoms with Gasteiger partial charge in [0.1, 0.15) is 12.4 Å². The number of anilines is 2. The number of nitrogens with one attached hydrogen (secondary N) is 1. The molecule has 3 aromatic rings. The maximum atomic E-state index is 13.9. The first-order valence-corrected chi connectivity index (χ1v) is 12.7. The second kappa shape index (κ2) is 10.2. The standard InChI is InChI=1S/C24H25FN2O3S2/c1-17(2)18-7-9-20(10-8-18)26-24(28)16-27(21-6-4-5-19(25)15-21)32(29,30)23-13-11-22(31-3)12-14-23/h4-15,17H,16H2,1-3H3,(H,26,28). The van der Waals surface area contributed by atoms with E-state index in [1.165, 1.54) is 42.1 Å². The molecule has 5 nitrogen and oxygen atoms in total. The molecule has 3 rings (SSSR count). The number of hydrogen-bond donors (Lipinski definition) is 1. The van der Waals surface area contributed by atoms with E-state index < -0.39 is 28.3 Å². The Kier molecular flexibility index (Phi) is 7.58. The van der Waals surface area contributed by atoms with Crippen LogP contribution in [0.25, 0.3) is 0 Å². The highest BCUT2D eigenvalue weighted by atomic mass is 32.2. The fourth-order valence-electron chi connectivity index (χ4n) is 3.10. The second-order valence-corrected chi connectivity index (χ2v) is 10.2. The lowest BCUT2D eigenvalue weighted by Crippen LogP contribution is -2.38. The summed E-state index contributed by atoms with van der Waals surface area (Å²) in [7, 11) is -4.10. The molecule has 0 fully saturated rings. The van der Waals surface area contributed by atoms with Crippen LogP contribution >= 0.6 is 11.8 Å². The minimum atomic E-state index is -4.10. The van der Waals surface area contributed by atoms with Crippen molar-refractivity contribution in [2.24, 2.45) is 0 Å². The number of sulfonamides is 1. The molecule has 32 heavy (non-hydrogen) atoms. The maximum Gasteiger partial charge on any atom is 0.264 e. The Bertz CT molecular complexity index is 1180. The largest absolute Gasteiger partial charge is 0.325 e. The van der Waals surface area contributed by atoms with Crippen LogP contribution in [0.1, 0.15) is 25.3 Å². The van der Waals surface area contributed by atoms with Crippen molar-refractivity contribution in [3.63, 3.8) is 0 Å². The predicted molar refractivity (Wildman–Crippen MR) is 128 cm³/mol. The lowest BCUT2D eigenvalue weighted by molar-refractivity contribution is -0.114. The van der Waals surface area contributed by atoms with E-state index in [9.17, 15) is 17.6 Å². The number of benzene rings is 3. The van der Waals surface area contributed by atoms with Crippen LogP contribution in [0.15, 0.2) is 82.6 Å². The van der Waals surface area contributed by atoms with Crippen molar-refractivity contribution in [3.8, 4) is 0 Å². The topological polar surface area (TPSA) is 66.5 Å². The molecule has 0 aliphatic rings. The molecule has 1 N–H and O–H groups in total. The normalized spacial score (nSPS) is 11.4. The van der Waals surface area contributed by atoms with Crippen molar-refractivity contribution in [2.75, 3.05) is 22.4 Å². The first-order valence-electron chi connectivity index (χ1n) is 10.0. The van der Waals surface area contributed by atoms with E-state index in [2.05, 4.69) is 19.2 Å².